The Kier molecular flexibility index (Phi) is 6.05. The summed E-state index contributed by atoms with van der Waals surface area (Å²) in [7, 11) is 2.17. The molecule has 2 atom stereocenters. The summed E-state index contributed by atoms with van der Waals surface area (Å²) in [6, 6.07) is 7.01. The third-order valence-electron chi connectivity index (χ3n) is 6.12. The minimum absolute atomic E-state index is 0.0604. The second-order valence-electron chi connectivity index (χ2n) is 7.91. The lowest BCUT2D eigenvalue weighted by molar-refractivity contribution is -0.141. The first kappa shape index (κ1) is 19.7. The number of aliphatic carboxylic acids is 1. The van der Waals surface area contributed by atoms with Crippen LogP contribution < -0.4 is 4.74 Å². The van der Waals surface area contributed by atoms with Gasteiger partial charge in [-0.1, -0.05) is 25.5 Å². The van der Waals surface area contributed by atoms with Gasteiger partial charge in [-0.2, -0.15) is 0 Å². The number of ether oxygens (including phenoxy) is 1. The number of carbonyl (C=O) groups excluding carboxylic acids is 1. The standard InChI is InChI=1S/C21H30N2O4/c1-3-21(11-4-5-12-22(2)15-21)16-8-6-9-17(14-16)27-20(26)23-13-7-10-18(23)19(24)25/h6,8-9,14,18H,3-5,7,10-13,15H2,1-2H3,(H,24,25). The Hall–Kier alpha value is -2.08. The Morgan fingerprint density at radius 2 is 2.07 bits per heavy atom. The second kappa shape index (κ2) is 8.30. The first-order valence-electron chi connectivity index (χ1n) is 9.95. The fraction of sp³-hybridized carbons (Fsp3) is 0.619. The van der Waals surface area contributed by atoms with Crippen LogP contribution in [-0.2, 0) is 10.2 Å². The van der Waals surface area contributed by atoms with Crippen molar-refractivity contribution >= 4 is 12.1 Å². The average Bonchev–Trinajstić information content (AvgIpc) is 3.07. The zero-order chi connectivity index (χ0) is 19.4. The minimum Gasteiger partial charge on any atom is -0.480 e. The van der Waals surface area contributed by atoms with E-state index in [9.17, 15) is 14.7 Å². The molecular formula is C21H30N2O4. The summed E-state index contributed by atoms with van der Waals surface area (Å²) in [6.07, 6.45) is 5.16. The highest BCUT2D eigenvalue weighted by molar-refractivity contribution is 5.81. The number of hydrogen-bond donors (Lipinski definition) is 1. The van der Waals surface area contributed by atoms with Gasteiger partial charge in [-0.05, 0) is 63.4 Å². The number of rotatable bonds is 4. The maximum atomic E-state index is 12.5. The zero-order valence-corrected chi connectivity index (χ0v) is 16.3. The summed E-state index contributed by atoms with van der Waals surface area (Å²) in [5.74, 6) is -0.474. The molecule has 148 valence electrons. The van der Waals surface area contributed by atoms with Gasteiger partial charge in [0.25, 0.3) is 0 Å². The molecule has 0 bridgehead atoms. The van der Waals surface area contributed by atoms with Crippen molar-refractivity contribution in [1.29, 1.82) is 0 Å². The van der Waals surface area contributed by atoms with Crippen molar-refractivity contribution in [2.45, 2.75) is 56.9 Å². The number of likely N-dealkylation sites (N-methyl/N-ethyl adjacent to an activating group) is 1. The Morgan fingerprint density at radius 1 is 1.26 bits per heavy atom. The van der Waals surface area contributed by atoms with Gasteiger partial charge in [-0.3, -0.25) is 4.90 Å². The highest BCUT2D eigenvalue weighted by Crippen LogP contribution is 2.37. The molecule has 1 aromatic carbocycles. The van der Waals surface area contributed by atoms with E-state index in [0.29, 0.717) is 25.1 Å². The third kappa shape index (κ3) is 4.26. The maximum absolute atomic E-state index is 12.5. The predicted octanol–water partition coefficient (Wildman–Crippen LogP) is 3.50. The van der Waals surface area contributed by atoms with Gasteiger partial charge in [0.05, 0.1) is 0 Å². The van der Waals surface area contributed by atoms with Gasteiger partial charge in [0.2, 0.25) is 0 Å². The maximum Gasteiger partial charge on any atom is 0.415 e. The lowest BCUT2D eigenvalue weighted by Gasteiger charge is -2.35. The Morgan fingerprint density at radius 3 is 2.81 bits per heavy atom. The molecule has 6 nitrogen and oxygen atoms in total. The number of benzene rings is 1. The van der Waals surface area contributed by atoms with Gasteiger partial charge in [-0.15, -0.1) is 0 Å². The predicted molar refractivity (Wildman–Crippen MR) is 103 cm³/mol. The van der Waals surface area contributed by atoms with E-state index >= 15 is 0 Å². The normalized spacial score (nSPS) is 26.6. The van der Waals surface area contributed by atoms with Crippen LogP contribution in [0.15, 0.2) is 24.3 Å². The van der Waals surface area contributed by atoms with E-state index in [1.807, 2.05) is 12.1 Å². The molecule has 27 heavy (non-hydrogen) atoms. The molecule has 2 saturated heterocycles. The summed E-state index contributed by atoms with van der Waals surface area (Å²) >= 11 is 0. The quantitative estimate of drug-likeness (QED) is 0.873. The largest absolute Gasteiger partial charge is 0.480 e. The van der Waals surface area contributed by atoms with Crippen molar-refractivity contribution < 1.29 is 19.4 Å². The van der Waals surface area contributed by atoms with Gasteiger partial charge in [0.15, 0.2) is 0 Å². The van der Waals surface area contributed by atoms with Crippen LogP contribution in [0.1, 0.15) is 51.0 Å². The van der Waals surface area contributed by atoms with E-state index in [-0.39, 0.29) is 5.41 Å². The monoisotopic (exact) mass is 374 g/mol. The molecule has 2 aliphatic heterocycles. The van der Waals surface area contributed by atoms with Crippen LogP contribution >= 0.6 is 0 Å². The van der Waals surface area contributed by atoms with Crippen molar-refractivity contribution in [3.63, 3.8) is 0 Å². The fourth-order valence-corrected chi connectivity index (χ4v) is 4.54. The molecule has 0 aliphatic carbocycles. The van der Waals surface area contributed by atoms with E-state index in [1.165, 1.54) is 23.3 Å². The van der Waals surface area contributed by atoms with Crippen LogP contribution in [0.25, 0.3) is 0 Å². The Balaban J connectivity index is 1.78. The van der Waals surface area contributed by atoms with Gasteiger partial charge >= 0.3 is 12.1 Å². The molecule has 1 aromatic rings. The number of likely N-dealkylation sites (tertiary alicyclic amines) is 2. The van der Waals surface area contributed by atoms with Gasteiger partial charge < -0.3 is 14.7 Å². The Bertz CT molecular complexity index is 693. The van der Waals surface area contributed by atoms with Crippen molar-refractivity contribution in [2.24, 2.45) is 0 Å². The van der Waals surface area contributed by atoms with Gasteiger partial charge in [0, 0.05) is 18.5 Å². The van der Waals surface area contributed by atoms with Crippen LogP contribution in [-0.4, -0.2) is 59.7 Å². The van der Waals surface area contributed by atoms with Gasteiger partial charge in [0.1, 0.15) is 11.8 Å². The molecule has 0 radical (unpaired) electrons. The number of carbonyl (C=O) groups is 2. The molecule has 6 heteroatoms. The van der Waals surface area contributed by atoms with Crippen molar-refractivity contribution in [2.75, 3.05) is 26.7 Å². The summed E-state index contributed by atoms with van der Waals surface area (Å²) < 4.78 is 5.57. The van der Waals surface area contributed by atoms with E-state index in [1.54, 1.807) is 6.07 Å². The fourth-order valence-electron chi connectivity index (χ4n) is 4.54. The molecule has 2 aliphatic rings. The second-order valence-corrected chi connectivity index (χ2v) is 7.91. The minimum atomic E-state index is -0.968. The van der Waals surface area contributed by atoms with Crippen molar-refractivity contribution in [1.82, 2.24) is 9.80 Å². The van der Waals surface area contributed by atoms with Crippen LogP contribution in [0.2, 0.25) is 0 Å². The molecule has 0 aromatic heterocycles. The molecule has 2 heterocycles. The Labute approximate surface area is 161 Å². The number of hydrogen-bond acceptors (Lipinski definition) is 4. The highest BCUT2D eigenvalue weighted by atomic mass is 16.6. The summed E-state index contributed by atoms with van der Waals surface area (Å²) in [4.78, 5) is 27.5. The van der Waals surface area contributed by atoms with E-state index in [0.717, 1.165) is 25.9 Å². The summed E-state index contributed by atoms with van der Waals surface area (Å²) in [5.41, 5.74) is 1.26. The van der Waals surface area contributed by atoms with Crippen molar-refractivity contribution in [3.8, 4) is 5.75 Å². The van der Waals surface area contributed by atoms with Crippen LogP contribution in [0.5, 0.6) is 5.75 Å². The first-order valence-corrected chi connectivity index (χ1v) is 9.95. The van der Waals surface area contributed by atoms with Crippen LogP contribution in [0, 0.1) is 0 Å². The zero-order valence-electron chi connectivity index (χ0n) is 16.3. The van der Waals surface area contributed by atoms with Gasteiger partial charge in [-0.25, -0.2) is 9.59 Å². The van der Waals surface area contributed by atoms with E-state index < -0.39 is 18.1 Å². The third-order valence-corrected chi connectivity index (χ3v) is 6.12. The van der Waals surface area contributed by atoms with Crippen LogP contribution in [0.4, 0.5) is 4.79 Å². The number of amides is 1. The number of carboxylic acid groups (broad SMARTS) is 1. The molecule has 1 N–H and O–H groups in total. The number of nitrogens with zero attached hydrogens (tertiary/aromatic N) is 2. The molecule has 2 fully saturated rings. The summed E-state index contributed by atoms with van der Waals surface area (Å²) in [6.45, 7) is 4.76. The lowest BCUT2D eigenvalue weighted by atomic mass is 9.74. The van der Waals surface area contributed by atoms with E-state index in [2.05, 4.69) is 24.9 Å². The average molecular weight is 374 g/mol. The molecule has 3 rings (SSSR count). The molecule has 0 spiro atoms. The van der Waals surface area contributed by atoms with Crippen molar-refractivity contribution in [3.05, 3.63) is 29.8 Å². The summed E-state index contributed by atoms with van der Waals surface area (Å²) in [5, 5.41) is 9.28. The molecular weight excluding hydrogens is 344 g/mol. The molecule has 2 unspecified atom stereocenters. The number of carboxylic acids is 1. The molecule has 0 saturated carbocycles. The lowest BCUT2D eigenvalue weighted by Crippen LogP contribution is -2.42. The highest BCUT2D eigenvalue weighted by Gasteiger charge is 2.36. The first-order chi connectivity index (χ1) is 12.9. The van der Waals surface area contributed by atoms with Crippen LogP contribution in [0.3, 0.4) is 0 Å². The smallest absolute Gasteiger partial charge is 0.415 e. The molecule has 1 amide bonds. The topological polar surface area (TPSA) is 70.1 Å². The SMILES string of the molecule is CCC1(c2cccc(OC(=O)N3CCCC3C(=O)O)c2)CCCCN(C)C1. The van der Waals surface area contributed by atoms with E-state index in [4.69, 9.17) is 4.74 Å².